The van der Waals surface area contributed by atoms with E-state index >= 15 is 0 Å². The standard InChI is InChI=1S/C11H13N3.ClH/c1-14-9-5-3-2-4-8(9)13-10(14)11(12)6-7-11;/h2-5H,6-7,12H2,1H3;1H. The van der Waals surface area contributed by atoms with Crippen LogP contribution in [0.2, 0.25) is 0 Å². The minimum absolute atomic E-state index is 0. The third kappa shape index (κ3) is 1.43. The van der Waals surface area contributed by atoms with E-state index < -0.39 is 0 Å². The van der Waals surface area contributed by atoms with Crippen LogP contribution in [0.4, 0.5) is 0 Å². The second-order valence-electron chi connectivity index (χ2n) is 4.14. The first kappa shape index (κ1) is 10.5. The summed E-state index contributed by atoms with van der Waals surface area (Å²) in [5.41, 5.74) is 8.21. The molecule has 0 amide bonds. The summed E-state index contributed by atoms with van der Waals surface area (Å²) in [7, 11) is 2.04. The smallest absolute Gasteiger partial charge is 0.129 e. The molecule has 15 heavy (non-hydrogen) atoms. The Bertz CT molecular complexity index is 500. The molecule has 80 valence electrons. The van der Waals surface area contributed by atoms with Crippen molar-refractivity contribution in [2.75, 3.05) is 0 Å². The average Bonchev–Trinajstić information content (AvgIpc) is 2.84. The molecule has 1 heterocycles. The van der Waals surface area contributed by atoms with Gasteiger partial charge in [0.2, 0.25) is 0 Å². The Morgan fingerprint density at radius 1 is 1.33 bits per heavy atom. The zero-order valence-corrected chi connectivity index (χ0v) is 9.42. The molecular weight excluding hydrogens is 210 g/mol. The van der Waals surface area contributed by atoms with Crippen LogP contribution >= 0.6 is 12.4 Å². The van der Waals surface area contributed by atoms with Crippen LogP contribution < -0.4 is 5.73 Å². The van der Waals surface area contributed by atoms with Gasteiger partial charge in [0, 0.05) is 7.05 Å². The predicted molar refractivity (Wildman–Crippen MR) is 63.1 cm³/mol. The quantitative estimate of drug-likeness (QED) is 0.803. The zero-order valence-electron chi connectivity index (χ0n) is 8.60. The molecule has 0 unspecified atom stereocenters. The highest BCUT2D eigenvalue weighted by Crippen LogP contribution is 2.42. The number of benzene rings is 1. The fraction of sp³-hybridized carbons (Fsp3) is 0.364. The van der Waals surface area contributed by atoms with Gasteiger partial charge in [-0.1, -0.05) is 12.1 Å². The lowest BCUT2D eigenvalue weighted by atomic mass is 10.3. The first-order chi connectivity index (χ1) is 6.71. The number of nitrogens with two attached hydrogens (primary N) is 1. The molecule has 3 nitrogen and oxygen atoms in total. The molecule has 0 atom stereocenters. The summed E-state index contributed by atoms with van der Waals surface area (Å²) in [6.45, 7) is 0. The molecule has 4 heteroatoms. The van der Waals surface area contributed by atoms with Crippen LogP contribution in [0.3, 0.4) is 0 Å². The van der Waals surface area contributed by atoms with Crippen LogP contribution in [0.25, 0.3) is 11.0 Å². The lowest BCUT2D eigenvalue weighted by Crippen LogP contribution is -2.23. The van der Waals surface area contributed by atoms with Gasteiger partial charge >= 0.3 is 0 Å². The summed E-state index contributed by atoms with van der Waals surface area (Å²) >= 11 is 0. The van der Waals surface area contributed by atoms with Gasteiger partial charge in [0.1, 0.15) is 5.82 Å². The Morgan fingerprint density at radius 2 is 2.00 bits per heavy atom. The van der Waals surface area contributed by atoms with E-state index in [-0.39, 0.29) is 17.9 Å². The molecule has 1 aliphatic rings. The number of nitrogens with zero attached hydrogens (tertiary/aromatic N) is 2. The molecule has 2 aromatic rings. The number of fused-ring (bicyclic) bond motifs is 1. The summed E-state index contributed by atoms with van der Waals surface area (Å²) in [5.74, 6) is 1.03. The number of aromatic nitrogens is 2. The number of rotatable bonds is 1. The van der Waals surface area contributed by atoms with Gasteiger partial charge in [0.05, 0.1) is 16.6 Å². The van der Waals surface area contributed by atoms with Crippen LogP contribution in [0, 0.1) is 0 Å². The van der Waals surface area contributed by atoms with Crippen molar-refractivity contribution in [1.29, 1.82) is 0 Å². The molecule has 1 aliphatic carbocycles. The maximum absolute atomic E-state index is 6.15. The Kier molecular flexibility index (Phi) is 2.24. The van der Waals surface area contributed by atoms with Crippen molar-refractivity contribution in [2.24, 2.45) is 12.8 Å². The molecule has 1 aromatic carbocycles. The first-order valence-electron chi connectivity index (χ1n) is 4.91. The summed E-state index contributed by atoms with van der Waals surface area (Å²) < 4.78 is 2.11. The van der Waals surface area contributed by atoms with Gasteiger partial charge in [-0.25, -0.2) is 4.98 Å². The number of halogens is 1. The lowest BCUT2D eigenvalue weighted by molar-refractivity contribution is 0.639. The van der Waals surface area contributed by atoms with E-state index in [0.717, 1.165) is 24.2 Å². The number of para-hydroxylation sites is 2. The van der Waals surface area contributed by atoms with Crippen LogP contribution in [0.15, 0.2) is 24.3 Å². The van der Waals surface area contributed by atoms with Gasteiger partial charge in [-0.05, 0) is 25.0 Å². The van der Waals surface area contributed by atoms with Crippen LogP contribution in [-0.2, 0) is 12.6 Å². The summed E-state index contributed by atoms with van der Waals surface area (Å²) in [5, 5.41) is 0. The number of imidazole rings is 1. The highest BCUT2D eigenvalue weighted by molar-refractivity contribution is 5.85. The van der Waals surface area contributed by atoms with Gasteiger partial charge in [-0.15, -0.1) is 12.4 Å². The van der Waals surface area contributed by atoms with Gasteiger partial charge in [0.15, 0.2) is 0 Å². The van der Waals surface area contributed by atoms with E-state index in [1.807, 2.05) is 25.2 Å². The van der Waals surface area contributed by atoms with Gasteiger partial charge < -0.3 is 10.3 Å². The Morgan fingerprint density at radius 3 is 2.60 bits per heavy atom. The van der Waals surface area contributed by atoms with Gasteiger partial charge in [-0.3, -0.25) is 0 Å². The van der Waals surface area contributed by atoms with Crippen molar-refractivity contribution in [2.45, 2.75) is 18.4 Å². The van der Waals surface area contributed by atoms with E-state index in [1.165, 1.54) is 5.52 Å². The molecular formula is C11H14ClN3. The van der Waals surface area contributed by atoms with Gasteiger partial charge in [-0.2, -0.15) is 0 Å². The topological polar surface area (TPSA) is 43.8 Å². The third-order valence-corrected chi connectivity index (χ3v) is 3.02. The minimum atomic E-state index is -0.145. The second kappa shape index (κ2) is 3.22. The van der Waals surface area contributed by atoms with Crippen molar-refractivity contribution >= 4 is 23.4 Å². The van der Waals surface area contributed by atoms with E-state index in [4.69, 9.17) is 5.73 Å². The number of hydrogen-bond acceptors (Lipinski definition) is 2. The van der Waals surface area contributed by atoms with Crippen molar-refractivity contribution in [3.05, 3.63) is 30.1 Å². The Hall–Kier alpha value is -1.06. The third-order valence-electron chi connectivity index (χ3n) is 3.02. The highest BCUT2D eigenvalue weighted by atomic mass is 35.5. The average molecular weight is 224 g/mol. The number of aryl methyl sites for hydroxylation is 1. The molecule has 1 fully saturated rings. The van der Waals surface area contributed by atoms with Crippen molar-refractivity contribution in [3.63, 3.8) is 0 Å². The van der Waals surface area contributed by atoms with Crippen molar-refractivity contribution in [3.8, 4) is 0 Å². The molecule has 0 radical (unpaired) electrons. The second-order valence-corrected chi connectivity index (χ2v) is 4.14. The van der Waals surface area contributed by atoms with Crippen LogP contribution in [0.1, 0.15) is 18.7 Å². The normalized spacial score (nSPS) is 17.5. The van der Waals surface area contributed by atoms with E-state index in [0.29, 0.717) is 0 Å². The molecule has 1 saturated carbocycles. The lowest BCUT2D eigenvalue weighted by Gasteiger charge is -2.07. The number of hydrogen-bond donors (Lipinski definition) is 1. The highest BCUT2D eigenvalue weighted by Gasteiger charge is 2.43. The predicted octanol–water partition coefficient (Wildman–Crippen LogP) is 1.94. The van der Waals surface area contributed by atoms with Crippen molar-refractivity contribution in [1.82, 2.24) is 9.55 Å². The summed E-state index contributed by atoms with van der Waals surface area (Å²) in [6, 6.07) is 8.15. The monoisotopic (exact) mass is 223 g/mol. The van der Waals surface area contributed by atoms with Crippen LogP contribution in [-0.4, -0.2) is 9.55 Å². The Labute approximate surface area is 94.7 Å². The zero-order chi connectivity index (χ0) is 9.76. The maximum atomic E-state index is 6.15. The minimum Gasteiger partial charge on any atom is -0.330 e. The fourth-order valence-corrected chi connectivity index (χ4v) is 1.95. The largest absolute Gasteiger partial charge is 0.330 e. The first-order valence-corrected chi connectivity index (χ1v) is 4.91. The molecule has 0 saturated heterocycles. The summed E-state index contributed by atoms with van der Waals surface area (Å²) in [4.78, 5) is 4.58. The molecule has 0 bridgehead atoms. The molecule has 3 rings (SSSR count). The van der Waals surface area contributed by atoms with E-state index in [2.05, 4.69) is 15.6 Å². The SMILES string of the molecule is Cl.Cn1c(C2(N)CC2)nc2ccccc21. The van der Waals surface area contributed by atoms with Crippen molar-refractivity contribution < 1.29 is 0 Å². The molecule has 0 aliphatic heterocycles. The maximum Gasteiger partial charge on any atom is 0.129 e. The van der Waals surface area contributed by atoms with E-state index in [9.17, 15) is 0 Å². The fourth-order valence-electron chi connectivity index (χ4n) is 1.95. The van der Waals surface area contributed by atoms with Gasteiger partial charge in [0.25, 0.3) is 0 Å². The van der Waals surface area contributed by atoms with Crippen LogP contribution in [0.5, 0.6) is 0 Å². The summed E-state index contributed by atoms with van der Waals surface area (Å²) in [6.07, 6.45) is 2.12. The van der Waals surface area contributed by atoms with E-state index in [1.54, 1.807) is 0 Å². The molecule has 2 N–H and O–H groups in total. The molecule has 1 aromatic heterocycles. The Balaban J connectivity index is 0.000000853. The molecule has 0 spiro atoms.